The first-order valence-corrected chi connectivity index (χ1v) is 14.4. The summed E-state index contributed by atoms with van der Waals surface area (Å²) < 4.78 is 5.16. The molecule has 1 saturated heterocycles. The number of hydrogen-bond donors (Lipinski definition) is 0. The maximum Gasteiger partial charge on any atom is 0.357 e. The molecule has 3 aromatic rings. The predicted molar refractivity (Wildman–Crippen MR) is 154 cm³/mol. The van der Waals surface area contributed by atoms with E-state index in [-0.39, 0.29) is 5.97 Å². The van der Waals surface area contributed by atoms with E-state index in [1.165, 1.54) is 33.6 Å². The van der Waals surface area contributed by atoms with Crippen molar-refractivity contribution in [2.75, 3.05) is 57.8 Å². The number of carbonyl (C=O) groups is 1. The number of benzene rings is 2. The number of ether oxygens (including phenoxy) is 1. The van der Waals surface area contributed by atoms with Crippen LogP contribution in [0.1, 0.15) is 48.3 Å². The maximum absolute atomic E-state index is 12.2. The van der Waals surface area contributed by atoms with Gasteiger partial charge in [0.15, 0.2) is 10.8 Å². The smallest absolute Gasteiger partial charge is 0.357 e. The Hall–Kier alpha value is -2.74. The van der Waals surface area contributed by atoms with Crippen molar-refractivity contribution in [2.45, 2.75) is 40.0 Å². The maximum atomic E-state index is 12.2. The van der Waals surface area contributed by atoms with E-state index in [0.717, 1.165) is 69.3 Å². The molecule has 0 bridgehead atoms. The molecule has 198 valence electrons. The molecule has 0 radical (unpaired) electrons. The van der Waals surface area contributed by atoms with Crippen LogP contribution in [-0.4, -0.2) is 73.7 Å². The van der Waals surface area contributed by atoms with E-state index in [4.69, 9.17) is 4.74 Å². The number of nitrogens with zero attached hydrogens (tertiary/aromatic N) is 4. The van der Waals surface area contributed by atoms with Crippen LogP contribution in [-0.2, 0) is 11.2 Å². The van der Waals surface area contributed by atoms with Crippen LogP contribution >= 0.6 is 11.3 Å². The first kappa shape index (κ1) is 27.3. The van der Waals surface area contributed by atoms with Crippen molar-refractivity contribution in [3.63, 3.8) is 0 Å². The number of esters is 1. The molecule has 6 nitrogen and oxygen atoms in total. The summed E-state index contributed by atoms with van der Waals surface area (Å²) in [6, 6.07) is 15.7. The molecule has 2 heterocycles. The van der Waals surface area contributed by atoms with Gasteiger partial charge in [-0.15, -0.1) is 11.3 Å². The van der Waals surface area contributed by atoms with E-state index >= 15 is 0 Å². The third kappa shape index (κ3) is 7.18. The van der Waals surface area contributed by atoms with Gasteiger partial charge >= 0.3 is 5.97 Å². The van der Waals surface area contributed by atoms with Gasteiger partial charge in [0.1, 0.15) is 0 Å². The minimum Gasteiger partial charge on any atom is -0.461 e. The summed E-state index contributed by atoms with van der Waals surface area (Å²) >= 11 is 1.49. The molecule has 1 aliphatic rings. The Morgan fingerprint density at radius 1 is 1.05 bits per heavy atom. The van der Waals surface area contributed by atoms with Crippen molar-refractivity contribution in [1.82, 2.24) is 14.8 Å². The van der Waals surface area contributed by atoms with E-state index in [1.54, 1.807) is 5.38 Å². The molecular formula is C30H40N4O2S. The Morgan fingerprint density at radius 3 is 2.49 bits per heavy atom. The summed E-state index contributed by atoms with van der Waals surface area (Å²) in [5.41, 5.74) is 6.49. The van der Waals surface area contributed by atoms with Crippen molar-refractivity contribution >= 4 is 28.1 Å². The standard InChI is InChI=1S/C30H40N4O2S/c1-5-7-15-34(30-31-27(22-37-30)29(35)36-6-2)28-21-26(11-8-23(28)3)25-12-9-24(10-13-25)14-16-33-19-17-32(4)18-20-33/h8-13,21-22H,5-7,14-20H2,1-4H3. The average Bonchev–Trinajstić information content (AvgIpc) is 3.40. The SMILES string of the molecule is CCCCN(c1nc(C(=O)OCC)cs1)c1cc(-c2ccc(CCN3CCN(C)CC3)cc2)ccc1C. The van der Waals surface area contributed by atoms with E-state index in [0.29, 0.717) is 12.3 Å². The van der Waals surface area contributed by atoms with Crippen LogP contribution in [0, 0.1) is 6.92 Å². The first-order valence-electron chi connectivity index (χ1n) is 13.5. The van der Waals surface area contributed by atoms with Gasteiger partial charge in [0.2, 0.25) is 0 Å². The lowest BCUT2D eigenvalue weighted by Gasteiger charge is -2.32. The van der Waals surface area contributed by atoms with Gasteiger partial charge in [0, 0.05) is 50.3 Å². The van der Waals surface area contributed by atoms with Crippen molar-refractivity contribution in [2.24, 2.45) is 0 Å². The Labute approximate surface area is 225 Å². The van der Waals surface area contributed by atoms with Gasteiger partial charge in [0.25, 0.3) is 0 Å². The van der Waals surface area contributed by atoms with Crippen molar-refractivity contribution in [3.05, 3.63) is 64.7 Å². The molecule has 7 heteroatoms. The average molecular weight is 521 g/mol. The Kier molecular flexibility index (Phi) is 9.72. The fourth-order valence-corrected chi connectivity index (χ4v) is 5.46. The van der Waals surface area contributed by atoms with Crippen LogP contribution in [0.3, 0.4) is 0 Å². The molecule has 0 unspecified atom stereocenters. The number of likely N-dealkylation sites (N-methyl/N-ethyl adjacent to an activating group) is 1. The van der Waals surface area contributed by atoms with Crippen LogP contribution in [0.25, 0.3) is 11.1 Å². The predicted octanol–water partition coefficient (Wildman–Crippen LogP) is 6.02. The zero-order valence-electron chi connectivity index (χ0n) is 22.7. The van der Waals surface area contributed by atoms with Gasteiger partial charge in [-0.3, -0.25) is 0 Å². The fraction of sp³-hybridized carbons (Fsp3) is 0.467. The molecule has 2 aromatic carbocycles. The summed E-state index contributed by atoms with van der Waals surface area (Å²) in [5, 5.41) is 2.63. The molecule has 0 atom stereocenters. The van der Waals surface area contributed by atoms with Crippen molar-refractivity contribution < 1.29 is 9.53 Å². The van der Waals surface area contributed by atoms with Gasteiger partial charge in [-0.25, -0.2) is 9.78 Å². The lowest BCUT2D eigenvalue weighted by Crippen LogP contribution is -2.45. The molecule has 0 N–H and O–H groups in total. The molecule has 1 fully saturated rings. The zero-order chi connectivity index (χ0) is 26.2. The zero-order valence-corrected chi connectivity index (χ0v) is 23.5. The van der Waals surface area contributed by atoms with Gasteiger partial charge in [-0.05, 0) is 62.1 Å². The van der Waals surface area contributed by atoms with Crippen LogP contribution in [0.5, 0.6) is 0 Å². The number of hydrogen-bond acceptors (Lipinski definition) is 7. The van der Waals surface area contributed by atoms with E-state index in [2.05, 4.69) is 83.0 Å². The minimum atomic E-state index is -0.362. The van der Waals surface area contributed by atoms with E-state index in [1.807, 2.05) is 6.92 Å². The minimum absolute atomic E-state index is 0.348. The topological polar surface area (TPSA) is 48.9 Å². The third-order valence-electron chi connectivity index (χ3n) is 7.04. The van der Waals surface area contributed by atoms with Gasteiger partial charge in [0.05, 0.1) is 6.61 Å². The highest BCUT2D eigenvalue weighted by Gasteiger charge is 2.19. The summed E-state index contributed by atoms with van der Waals surface area (Å²) in [6.07, 6.45) is 3.21. The quantitative estimate of drug-likeness (QED) is 0.288. The number of aryl methyl sites for hydroxylation is 1. The van der Waals surface area contributed by atoms with Crippen LogP contribution in [0.2, 0.25) is 0 Å². The second-order valence-corrected chi connectivity index (χ2v) is 10.7. The summed E-state index contributed by atoms with van der Waals surface area (Å²) in [7, 11) is 2.20. The Balaban J connectivity index is 1.51. The highest BCUT2D eigenvalue weighted by molar-refractivity contribution is 7.14. The molecule has 1 aromatic heterocycles. The highest BCUT2D eigenvalue weighted by atomic mass is 32.1. The molecule has 0 saturated carbocycles. The molecule has 0 amide bonds. The molecule has 0 aliphatic carbocycles. The lowest BCUT2D eigenvalue weighted by atomic mass is 10.00. The highest BCUT2D eigenvalue weighted by Crippen LogP contribution is 2.35. The summed E-state index contributed by atoms with van der Waals surface area (Å²) in [5.74, 6) is -0.362. The normalized spacial score (nSPS) is 14.6. The largest absolute Gasteiger partial charge is 0.461 e. The van der Waals surface area contributed by atoms with E-state index in [9.17, 15) is 4.79 Å². The number of anilines is 2. The number of rotatable bonds is 11. The molecule has 37 heavy (non-hydrogen) atoms. The van der Waals surface area contributed by atoms with Crippen LogP contribution < -0.4 is 4.90 Å². The number of piperazine rings is 1. The number of unbranched alkanes of at least 4 members (excludes halogenated alkanes) is 1. The van der Waals surface area contributed by atoms with Crippen LogP contribution in [0.4, 0.5) is 10.8 Å². The van der Waals surface area contributed by atoms with Gasteiger partial charge < -0.3 is 19.4 Å². The number of thiazole rings is 1. The molecule has 0 spiro atoms. The summed E-state index contributed by atoms with van der Waals surface area (Å²) in [6.45, 7) is 13.1. The van der Waals surface area contributed by atoms with Crippen LogP contribution in [0.15, 0.2) is 47.8 Å². The summed E-state index contributed by atoms with van der Waals surface area (Å²) in [4.78, 5) is 24.1. The van der Waals surface area contributed by atoms with Crippen molar-refractivity contribution in [3.8, 4) is 11.1 Å². The second-order valence-electron chi connectivity index (χ2n) is 9.83. The van der Waals surface area contributed by atoms with Gasteiger partial charge in [-0.2, -0.15) is 0 Å². The second kappa shape index (κ2) is 13.2. The molecule has 1 aliphatic heterocycles. The Morgan fingerprint density at radius 2 is 1.78 bits per heavy atom. The monoisotopic (exact) mass is 520 g/mol. The fourth-order valence-electron chi connectivity index (χ4n) is 4.62. The number of carbonyl (C=O) groups excluding carboxylic acids is 1. The van der Waals surface area contributed by atoms with Crippen molar-refractivity contribution in [1.29, 1.82) is 0 Å². The first-order chi connectivity index (χ1) is 18.0. The van der Waals surface area contributed by atoms with Gasteiger partial charge in [-0.1, -0.05) is 49.7 Å². The number of aromatic nitrogens is 1. The third-order valence-corrected chi connectivity index (χ3v) is 7.91. The Bertz CT molecular complexity index is 1150. The lowest BCUT2D eigenvalue weighted by molar-refractivity contribution is 0.0520. The molecular weight excluding hydrogens is 480 g/mol. The van der Waals surface area contributed by atoms with E-state index < -0.39 is 0 Å². The molecule has 4 rings (SSSR count).